The Morgan fingerprint density at radius 2 is 1.00 bits per heavy atom. The summed E-state index contributed by atoms with van der Waals surface area (Å²) >= 11 is 1.58. The molecule has 0 spiro atoms. The van der Waals surface area contributed by atoms with Crippen molar-refractivity contribution in [1.29, 1.82) is 0 Å². The van der Waals surface area contributed by atoms with Crippen molar-refractivity contribution in [2.24, 2.45) is 0 Å². The molecule has 0 aliphatic heterocycles. The third-order valence-corrected chi connectivity index (χ3v) is 5.68. The van der Waals surface area contributed by atoms with E-state index in [-0.39, 0.29) is 39.7 Å². The van der Waals surface area contributed by atoms with E-state index >= 15 is 0 Å². The van der Waals surface area contributed by atoms with Crippen LogP contribution in [0.3, 0.4) is 0 Å². The monoisotopic (exact) mass is 580 g/mol. The topological polar surface area (TPSA) is 0 Å². The molecule has 0 saturated carbocycles. The van der Waals surface area contributed by atoms with Gasteiger partial charge in [0.1, 0.15) is 0 Å². The van der Waals surface area contributed by atoms with Gasteiger partial charge in [0.15, 0.2) is 0 Å². The normalized spacial score (nSPS) is 11.8. The second kappa shape index (κ2) is 14.8. The average molecular weight is 583 g/mol. The third-order valence-electron chi connectivity index (χ3n) is 5.68. The Morgan fingerprint density at radius 3 is 1.38 bits per heavy atom. The van der Waals surface area contributed by atoms with Crippen LogP contribution in [0.25, 0.3) is 33.7 Å². The minimum atomic E-state index is 0. The summed E-state index contributed by atoms with van der Waals surface area (Å²) in [6.45, 7) is 6.33. The van der Waals surface area contributed by atoms with Gasteiger partial charge in [0.2, 0.25) is 0 Å². The van der Waals surface area contributed by atoms with Gasteiger partial charge in [-0.1, -0.05) is 47.6 Å². The van der Waals surface area contributed by atoms with Crippen molar-refractivity contribution in [2.75, 3.05) is 0 Å². The summed E-state index contributed by atoms with van der Waals surface area (Å²) in [6, 6.07) is 27.8. The Labute approximate surface area is 235 Å². The Bertz CT molecular complexity index is 1210. The quantitative estimate of drug-likeness (QED) is 0.146. The van der Waals surface area contributed by atoms with Gasteiger partial charge in [-0.3, -0.25) is 0 Å². The van der Waals surface area contributed by atoms with Crippen LogP contribution in [-0.2, 0) is 36.2 Å². The minimum absolute atomic E-state index is 0. The summed E-state index contributed by atoms with van der Waals surface area (Å²) in [7, 11) is 0. The van der Waals surface area contributed by atoms with Gasteiger partial charge in [0.05, 0.1) is 0 Å². The Kier molecular flexibility index (Phi) is 14.2. The molecule has 0 radical (unpaired) electrons. The van der Waals surface area contributed by atoms with Crippen LogP contribution >= 0.6 is 24.8 Å². The predicted molar refractivity (Wildman–Crippen MR) is 156 cm³/mol. The van der Waals surface area contributed by atoms with Gasteiger partial charge in [-0.15, -0.1) is 117 Å². The zero-order valence-electron chi connectivity index (χ0n) is 20.4. The van der Waals surface area contributed by atoms with Gasteiger partial charge in [-0.25, -0.2) is 0 Å². The molecule has 0 heterocycles. The Hall–Kier alpha value is -1.44. The molecule has 0 aromatic heterocycles. The molecule has 0 atom stereocenters. The number of hydrogen-bond donors (Lipinski definition) is 0. The van der Waals surface area contributed by atoms with Gasteiger partial charge in [-0.05, 0) is 26.7 Å². The predicted octanol–water partition coefficient (Wildman–Crippen LogP) is 8.02. The fourth-order valence-corrected chi connectivity index (χ4v) is 4.38. The number of benzene rings is 4. The molecule has 0 saturated heterocycles. The van der Waals surface area contributed by atoms with E-state index in [1.54, 1.807) is 23.3 Å². The van der Waals surface area contributed by atoms with Gasteiger partial charge in [0.25, 0.3) is 0 Å². The summed E-state index contributed by atoms with van der Waals surface area (Å²) < 4.78 is 0. The molecule has 0 amide bonds. The van der Waals surface area contributed by atoms with Gasteiger partial charge >= 0.3 is 30.2 Å². The van der Waals surface area contributed by atoms with Crippen molar-refractivity contribution in [3.63, 3.8) is 0 Å². The van der Waals surface area contributed by atoms with Crippen LogP contribution in [0, 0.1) is 27.0 Å². The SMILES string of the molecule is CC1=Cc2c[c-]c3ccccc3c2C1.CC1=Cc2c[c-]c3ccccc3c2C1.Cl.Cl.[CH3-].[CH3-].[SiH2]=[Zr]. The molecule has 0 unspecified atom stereocenters. The molecular weight excluding hydrogens is 551 g/mol. The summed E-state index contributed by atoms with van der Waals surface area (Å²) in [4.78, 5) is 0. The number of allylic oxidation sites excluding steroid dienone is 2. The Morgan fingerprint density at radius 1 is 0.647 bits per heavy atom. The molecule has 0 bridgehead atoms. The fourth-order valence-electron chi connectivity index (χ4n) is 4.38. The molecule has 0 nitrogen and oxygen atoms in total. The first-order chi connectivity index (χ1) is 14.7. The van der Waals surface area contributed by atoms with Crippen molar-refractivity contribution in [2.45, 2.75) is 26.7 Å². The molecule has 178 valence electrons. The molecule has 4 heteroatoms. The molecular formula is C30H32Cl2SiZr-4. The van der Waals surface area contributed by atoms with Crippen LogP contribution in [0.4, 0.5) is 0 Å². The second-order valence-corrected chi connectivity index (χ2v) is 7.87. The standard InChI is InChI=1S/2C14H11.2CH3.2ClH.H2Si.Zr/c2*1-10-8-12-7-6-11-4-2-3-5-13(11)14(12)9-10;;;;;;/h2*2-5,7-8H,9H2,1H3;2*1H3;2*1H;1H2;/q4*-1;;;;. The summed E-state index contributed by atoms with van der Waals surface area (Å²) in [5, 5.41) is 5.18. The summed E-state index contributed by atoms with van der Waals surface area (Å²) in [5.74, 6) is 0. The van der Waals surface area contributed by atoms with Gasteiger partial charge < -0.3 is 14.9 Å². The van der Waals surface area contributed by atoms with E-state index in [1.165, 1.54) is 54.9 Å². The molecule has 4 aromatic rings. The number of halogens is 2. The van der Waals surface area contributed by atoms with Crippen molar-refractivity contribution in [3.05, 3.63) is 121 Å². The first-order valence-electron chi connectivity index (χ1n) is 10.2. The van der Waals surface area contributed by atoms with E-state index in [0.29, 0.717) is 0 Å². The molecule has 0 N–H and O–H groups in total. The van der Waals surface area contributed by atoms with Gasteiger partial charge in [-0.2, -0.15) is 0 Å². The Balaban J connectivity index is 0.000000538. The van der Waals surface area contributed by atoms with Crippen molar-refractivity contribution >= 4 is 65.4 Å². The van der Waals surface area contributed by atoms with E-state index < -0.39 is 0 Å². The van der Waals surface area contributed by atoms with Crippen LogP contribution in [0.2, 0.25) is 0 Å². The molecule has 2 aliphatic carbocycles. The van der Waals surface area contributed by atoms with E-state index in [4.69, 9.17) is 0 Å². The second-order valence-electron chi connectivity index (χ2n) is 7.87. The van der Waals surface area contributed by atoms with Crippen LogP contribution in [-0.4, -0.2) is 6.88 Å². The maximum atomic E-state index is 3.33. The zero-order valence-corrected chi connectivity index (χ0v) is 25.9. The number of hydrogen-bond acceptors (Lipinski definition) is 0. The maximum absolute atomic E-state index is 3.33. The van der Waals surface area contributed by atoms with Crippen LogP contribution in [0.15, 0.2) is 71.8 Å². The number of fused-ring (bicyclic) bond motifs is 6. The first kappa shape index (κ1) is 32.6. The fraction of sp³-hybridized carbons (Fsp3) is 0.133. The van der Waals surface area contributed by atoms with Crippen LogP contribution in [0.5, 0.6) is 0 Å². The molecule has 0 fully saturated rings. The van der Waals surface area contributed by atoms with Crippen LogP contribution < -0.4 is 0 Å². The van der Waals surface area contributed by atoms with E-state index in [2.05, 4.69) is 98.8 Å². The van der Waals surface area contributed by atoms with E-state index in [9.17, 15) is 0 Å². The third kappa shape index (κ3) is 6.82. The zero-order chi connectivity index (χ0) is 21.1. The summed E-state index contributed by atoms with van der Waals surface area (Å²) in [6.07, 6.45) is 6.73. The number of rotatable bonds is 0. The van der Waals surface area contributed by atoms with E-state index in [1.807, 2.05) is 6.88 Å². The van der Waals surface area contributed by atoms with Crippen molar-refractivity contribution in [3.8, 4) is 0 Å². The molecule has 6 rings (SSSR count). The molecule has 2 aliphatic rings. The first-order valence-corrected chi connectivity index (χ1v) is 16.2. The molecule has 34 heavy (non-hydrogen) atoms. The van der Waals surface area contributed by atoms with Crippen molar-refractivity contribution < 1.29 is 23.3 Å². The van der Waals surface area contributed by atoms with E-state index in [0.717, 1.165) is 12.8 Å². The summed E-state index contributed by atoms with van der Waals surface area (Å²) in [5.41, 5.74) is 8.53. The average Bonchev–Trinajstić information content (AvgIpc) is 3.37. The molecule has 4 aromatic carbocycles. The van der Waals surface area contributed by atoms with Gasteiger partial charge in [0, 0.05) is 0 Å². The van der Waals surface area contributed by atoms with Crippen molar-refractivity contribution in [1.82, 2.24) is 0 Å². The van der Waals surface area contributed by atoms with Crippen LogP contribution in [0.1, 0.15) is 36.1 Å².